The van der Waals surface area contributed by atoms with Crippen molar-refractivity contribution in [1.29, 1.82) is 5.26 Å². The smallest absolute Gasteiger partial charge is 0.238 e. The van der Waals surface area contributed by atoms with Gasteiger partial charge >= 0.3 is 0 Å². The minimum absolute atomic E-state index is 0.126. The van der Waals surface area contributed by atoms with Gasteiger partial charge in [0.1, 0.15) is 5.75 Å². The highest BCUT2D eigenvalue weighted by Gasteiger charge is 2.34. The van der Waals surface area contributed by atoms with Crippen molar-refractivity contribution in [2.45, 2.75) is 31.2 Å². The SMILES string of the molecule is N#Cc1ccc(CS(=O)(=O)CC(=O)N(Cc2ccncc2)C2CC2)cc1. The quantitative estimate of drug-likeness (QED) is 0.745. The summed E-state index contributed by atoms with van der Waals surface area (Å²) in [6.07, 6.45) is 5.14. The van der Waals surface area contributed by atoms with E-state index in [9.17, 15) is 13.2 Å². The van der Waals surface area contributed by atoms with E-state index in [1.807, 2.05) is 18.2 Å². The van der Waals surface area contributed by atoms with Crippen molar-refractivity contribution in [3.05, 3.63) is 65.5 Å². The Morgan fingerprint density at radius 1 is 1.12 bits per heavy atom. The molecule has 26 heavy (non-hydrogen) atoms. The van der Waals surface area contributed by atoms with Crippen LogP contribution in [0.5, 0.6) is 0 Å². The van der Waals surface area contributed by atoms with Crippen LogP contribution in [0.15, 0.2) is 48.8 Å². The van der Waals surface area contributed by atoms with Crippen LogP contribution in [-0.2, 0) is 26.9 Å². The molecule has 1 aliphatic carbocycles. The Morgan fingerprint density at radius 3 is 2.35 bits per heavy atom. The number of amides is 1. The van der Waals surface area contributed by atoms with Gasteiger partial charge in [0.25, 0.3) is 0 Å². The number of nitriles is 1. The molecule has 3 rings (SSSR count). The molecule has 7 heteroatoms. The van der Waals surface area contributed by atoms with Gasteiger partial charge in [-0.1, -0.05) is 12.1 Å². The fourth-order valence-electron chi connectivity index (χ4n) is 2.74. The average Bonchev–Trinajstić information content (AvgIpc) is 3.45. The molecular formula is C19H19N3O3S. The van der Waals surface area contributed by atoms with E-state index in [4.69, 9.17) is 5.26 Å². The predicted octanol–water partition coefficient (Wildman–Crippen LogP) is 2.06. The number of pyridine rings is 1. The molecule has 0 bridgehead atoms. The molecule has 1 amide bonds. The van der Waals surface area contributed by atoms with Gasteiger partial charge in [0, 0.05) is 25.0 Å². The number of hydrogen-bond acceptors (Lipinski definition) is 5. The Balaban J connectivity index is 1.66. The topological polar surface area (TPSA) is 91.1 Å². The maximum Gasteiger partial charge on any atom is 0.238 e. The number of carbonyl (C=O) groups is 1. The highest BCUT2D eigenvalue weighted by Crippen LogP contribution is 2.28. The maximum atomic E-state index is 12.6. The summed E-state index contributed by atoms with van der Waals surface area (Å²) in [5.74, 6) is -1.08. The van der Waals surface area contributed by atoms with Crippen molar-refractivity contribution in [2.75, 3.05) is 5.75 Å². The van der Waals surface area contributed by atoms with Gasteiger partial charge < -0.3 is 4.90 Å². The second-order valence-electron chi connectivity index (χ2n) is 6.45. The van der Waals surface area contributed by atoms with Crippen molar-refractivity contribution in [3.63, 3.8) is 0 Å². The summed E-state index contributed by atoms with van der Waals surface area (Å²) in [6.45, 7) is 0.401. The number of hydrogen-bond donors (Lipinski definition) is 0. The van der Waals surface area contributed by atoms with Crippen molar-refractivity contribution >= 4 is 15.7 Å². The largest absolute Gasteiger partial charge is 0.335 e. The third-order valence-electron chi connectivity index (χ3n) is 4.22. The van der Waals surface area contributed by atoms with Crippen LogP contribution in [0.25, 0.3) is 0 Å². The fraction of sp³-hybridized carbons (Fsp3) is 0.316. The Bertz CT molecular complexity index is 915. The molecule has 0 radical (unpaired) electrons. The van der Waals surface area contributed by atoms with Crippen LogP contribution in [0.1, 0.15) is 29.5 Å². The molecule has 0 saturated heterocycles. The summed E-state index contributed by atoms with van der Waals surface area (Å²) >= 11 is 0. The van der Waals surface area contributed by atoms with E-state index in [2.05, 4.69) is 4.98 Å². The first kappa shape index (κ1) is 18.1. The Morgan fingerprint density at radius 2 is 1.77 bits per heavy atom. The van der Waals surface area contributed by atoms with Gasteiger partial charge in [0.15, 0.2) is 9.84 Å². The molecule has 1 saturated carbocycles. The van der Waals surface area contributed by atoms with Crippen LogP contribution in [0.4, 0.5) is 0 Å². The number of aromatic nitrogens is 1. The second kappa shape index (κ2) is 7.67. The zero-order valence-corrected chi connectivity index (χ0v) is 15.0. The molecule has 0 unspecified atom stereocenters. The molecule has 0 atom stereocenters. The maximum absolute atomic E-state index is 12.6. The molecule has 2 aromatic rings. The molecule has 1 fully saturated rings. The summed E-state index contributed by atoms with van der Waals surface area (Å²) in [4.78, 5) is 18.2. The van der Waals surface area contributed by atoms with Crippen LogP contribution in [0.2, 0.25) is 0 Å². The minimum Gasteiger partial charge on any atom is -0.335 e. The van der Waals surface area contributed by atoms with Gasteiger partial charge in [-0.25, -0.2) is 8.42 Å². The molecule has 1 aromatic carbocycles. The Labute approximate surface area is 153 Å². The lowest BCUT2D eigenvalue weighted by molar-refractivity contribution is -0.129. The summed E-state index contributed by atoms with van der Waals surface area (Å²) in [7, 11) is -3.58. The Kier molecular flexibility index (Phi) is 5.33. The lowest BCUT2D eigenvalue weighted by Crippen LogP contribution is -2.37. The van der Waals surface area contributed by atoms with Crippen molar-refractivity contribution < 1.29 is 13.2 Å². The van der Waals surface area contributed by atoms with Gasteiger partial charge in [0.05, 0.1) is 17.4 Å². The standard InChI is InChI=1S/C19H19N3O3S/c20-11-15-1-3-17(4-2-15)13-26(24,25)14-19(23)22(18-5-6-18)12-16-7-9-21-10-8-16/h1-4,7-10,18H,5-6,12-14H2. The van der Waals surface area contributed by atoms with Crippen molar-refractivity contribution in [1.82, 2.24) is 9.88 Å². The van der Waals surface area contributed by atoms with Crippen LogP contribution >= 0.6 is 0 Å². The molecule has 0 aliphatic heterocycles. The normalized spacial score (nSPS) is 13.8. The zero-order valence-electron chi connectivity index (χ0n) is 14.2. The molecule has 1 heterocycles. The van der Waals surface area contributed by atoms with Crippen molar-refractivity contribution in [2.24, 2.45) is 0 Å². The summed E-state index contributed by atoms with van der Waals surface area (Å²) in [5, 5.41) is 8.80. The first-order valence-corrected chi connectivity index (χ1v) is 10.2. The van der Waals surface area contributed by atoms with Gasteiger partial charge in [-0.15, -0.1) is 0 Å². The molecule has 1 aromatic heterocycles. The number of benzene rings is 1. The third kappa shape index (κ3) is 4.90. The van der Waals surface area contributed by atoms with E-state index < -0.39 is 15.6 Å². The third-order valence-corrected chi connectivity index (χ3v) is 5.68. The van der Waals surface area contributed by atoms with Gasteiger partial charge in [0.2, 0.25) is 5.91 Å². The van der Waals surface area contributed by atoms with Gasteiger partial charge in [-0.05, 0) is 48.2 Å². The fourth-order valence-corrected chi connectivity index (χ4v) is 4.09. The van der Waals surface area contributed by atoms with Crippen LogP contribution in [-0.4, -0.2) is 36.0 Å². The van der Waals surface area contributed by atoms with Crippen LogP contribution < -0.4 is 0 Å². The molecule has 0 N–H and O–H groups in total. The van der Waals surface area contributed by atoms with Crippen LogP contribution in [0, 0.1) is 11.3 Å². The van der Waals surface area contributed by atoms with Gasteiger partial charge in [-0.2, -0.15) is 5.26 Å². The molecule has 0 spiro atoms. The lowest BCUT2D eigenvalue weighted by Gasteiger charge is -2.22. The molecular weight excluding hydrogens is 350 g/mol. The highest BCUT2D eigenvalue weighted by atomic mass is 32.2. The summed E-state index contributed by atoms with van der Waals surface area (Å²) in [5.41, 5.74) is 1.98. The zero-order chi connectivity index (χ0) is 18.6. The van der Waals surface area contributed by atoms with Gasteiger partial charge in [-0.3, -0.25) is 9.78 Å². The highest BCUT2D eigenvalue weighted by molar-refractivity contribution is 7.91. The average molecular weight is 369 g/mol. The number of rotatable bonds is 7. The lowest BCUT2D eigenvalue weighted by atomic mass is 10.2. The first-order chi connectivity index (χ1) is 12.5. The Hall–Kier alpha value is -2.72. The summed E-state index contributed by atoms with van der Waals surface area (Å²) in [6, 6.07) is 12.1. The first-order valence-electron chi connectivity index (χ1n) is 8.35. The van der Waals surface area contributed by atoms with E-state index in [0.717, 1.165) is 18.4 Å². The number of sulfone groups is 1. The van der Waals surface area contributed by atoms with Crippen molar-refractivity contribution in [3.8, 4) is 6.07 Å². The van der Waals surface area contributed by atoms with E-state index in [1.54, 1.807) is 41.6 Å². The molecule has 1 aliphatic rings. The van der Waals surface area contributed by atoms with E-state index in [-0.39, 0.29) is 17.7 Å². The molecule has 134 valence electrons. The number of carbonyl (C=O) groups excluding carboxylic acids is 1. The summed E-state index contributed by atoms with van der Waals surface area (Å²) < 4.78 is 24.9. The minimum atomic E-state index is -3.58. The second-order valence-corrected chi connectivity index (χ2v) is 8.51. The predicted molar refractivity (Wildman–Crippen MR) is 96.5 cm³/mol. The van der Waals surface area contributed by atoms with Crippen LogP contribution in [0.3, 0.4) is 0 Å². The monoisotopic (exact) mass is 369 g/mol. The van der Waals surface area contributed by atoms with E-state index in [0.29, 0.717) is 17.7 Å². The molecule has 6 nitrogen and oxygen atoms in total. The van der Waals surface area contributed by atoms with E-state index >= 15 is 0 Å². The van der Waals surface area contributed by atoms with E-state index in [1.165, 1.54) is 0 Å². The number of nitrogens with zero attached hydrogens (tertiary/aromatic N) is 3.